The van der Waals surface area contributed by atoms with Gasteiger partial charge in [-0.1, -0.05) is 0 Å². The van der Waals surface area contributed by atoms with Crippen molar-refractivity contribution in [2.45, 2.75) is 6.92 Å². The first-order valence-electron chi connectivity index (χ1n) is 3.61. The molecule has 1 rings (SSSR count). The van der Waals surface area contributed by atoms with Crippen LogP contribution in [0.25, 0.3) is 0 Å². The lowest BCUT2D eigenvalue weighted by Crippen LogP contribution is -2.05. The van der Waals surface area contributed by atoms with Gasteiger partial charge in [0, 0.05) is 5.56 Å². The summed E-state index contributed by atoms with van der Waals surface area (Å²) in [6, 6.07) is 2.15. The summed E-state index contributed by atoms with van der Waals surface area (Å²) in [4.78, 5) is 11.1. The number of Topliss-reactive ketones (excluding diaryl/α,β-unsaturated/α-hetero) is 1. The second-order valence-corrected chi connectivity index (χ2v) is 2.86. The van der Waals surface area contributed by atoms with Gasteiger partial charge in [-0.2, -0.15) is 0 Å². The molecule has 0 saturated heterocycles. The van der Waals surface area contributed by atoms with Crippen LogP contribution in [0, 0.1) is 18.6 Å². The van der Waals surface area contributed by atoms with Crippen molar-refractivity contribution in [3.05, 3.63) is 34.9 Å². The second kappa shape index (κ2) is 3.83. The lowest BCUT2D eigenvalue weighted by Gasteiger charge is -2.03. The van der Waals surface area contributed by atoms with E-state index in [1.54, 1.807) is 0 Å². The van der Waals surface area contributed by atoms with Gasteiger partial charge in [-0.25, -0.2) is 8.78 Å². The maximum atomic E-state index is 12.9. The number of benzene rings is 1. The van der Waals surface area contributed by atoms with E-state index in [0.717, 1.165) is 6.07 Å². The van der Waals surface area contributed by atoms with E-state index >= 15 is 0 Å². The molecule has 0 atom stereocenters. The lowest BCUT2D eigenvalue weighted by atomic mass is 10.1. The lowest BCUT2D eigenvalue weighted by molar-refractivity contribution is 0.102. The van der Waals surface area contributed by atoms with Crippen LogP contribution in [0.15, 0.2) is 12.1 Å². The zero-order valence-corrected chi connectivity index (χ0v) is 7.66. The van der Waals surface area contributed by atoms with E-state index < -0.39 is 17.4 Å². The molecule has 4 heteroatoms. The largest absolute Gasteiger partial charge is 0.293 e. The van der Waals surface area contributed by atoms with Gasteiger partial charge in [-0.05, 0) is 24.6 Å². The molecule has 0 aliphatic carbocycles. The van der Waals surface area contributed by atoms with Crippen molar-refractivity contribution >= 4 is 17.4 Å². The van der Waals surface area contributed by atoms with E-state index in [1.165, 1.54) is 13.0 Å². The molecular weight excluding hydrogens is 198 g/mol. The summed E-state index contributed by atoms with van der Waals surface area (Å²) >= 11 is 5.28. The van der Waals surface area contributed by atoms with Crippen molar-refractivity contribution in [3.63, 3.8) is 0 Å². The molecule has 1 nitrogen and oxygen atoms in total. The van der Waals surface area contributed by atoms with Crippen LogP contribution in [0.1, 0.15) is 15.9 Å². The summed E-state index contributed by atoms with van der Waals surface area (Å²) in [6.45, 7) is 1.35. The van der Waals surface area contributed by atoms with Gasteiger partial charge >= 0.3 is 0 Å². The van der Waals surface area contributed by atoms with Crippen molar-refractivity contribution in [2.75, 3.05) is 5.88 Å². The Bertz CT molecular complexity index is 350. The van der Waals surface area contributed by atoms with Crippen LogP contribution in [-0.4, -0.2) is 11.7 Å². The molecule has 0 heterocycles. The van der Waals surface area contributed by atoms with E-state index in [1.807, 2.05) is 0 Å². The quantitative estimate of drug-likeness (QED) is 0.535. The van der Waals surface area contributed by atoms with Crippen LogP contribution in [0.3, 0.4) is 0 Å². The monoisotopic (exact) mass is 204 g/mol. The molecule has 0 aliphatic heterocycles. The minimum atomic E-state index is -0.990. The van der Waals surface area contributed by atoms with E-state index in [9.17, 15) is 13.6 Å². The Balaban J connectivity index is 3.26. The Morgan fingerprint density at radius 2 is 2.08 bits per heavy atom. The van der Waals surface area contributed by atoms with Gasteiger partial charge in [0.15, 0.2) is 17.4 Å². The van der Waals surface area contributed by atoms with Crippen LogP contribution in [0.5, 0.6) is 0 Å². The molecule has 0 fully saturated rings. The fourth-order valence-electron chi connectivity index (χ4n) is 1.03. The van der Waals surface area contributed by atoms with Gasteiger partial charge in [0.05, 0.1) is 5.88 Å². The first-order valence-corrected chi connectivity index (χ1v) is 4.15. The second-order valence-electron chi connectivity index (χ2n) is 2.59. The highest BCUT2D eigenvalue weighted by molar-refractivity contribution is 6.30. The molecule has 70 valence electrons. The molecule has 1 aromatic carbocycles. The zero-order chi connectivity index (χ0) is 10.0. The summed E-state index contributed by atoms with van der Waals surface area (Å²) in [5, 5.41) is 0. The number of carbonyl (C=O) groups excluding carboxylic acids is 1. The SMILES string of the molecule is Cc1c(C(=O)CCl)ccc(F)c1F. The number of hydrogen-bond donors (Lipinski definition) is 0. The molecule has 0 aromatic heterocycles. The first-order chi connectivity index (χ1) is 6.07. The molecule has 0 aliphatic rings. The van der Waals surface area contributed by atoms with Crippen molar-refractivity contribution in [2.24, 2.45) is 0 Å². The molecule has 0 amide bonds. The van der Waals surface area contributed by atoms with Crippen molar-refractivity contribution in [3.8, 4) is 0 Å². The highest BCUT2D eigenvalue weighted by Gasteiger charge is 2.13. The van der Waals surface area contributed by atoms with Crippen LogP contribution in [0.2, 0.25) is 0 Å². The van der Waals surface area contributed by atoms with Crippen LogP contribution < -0.4 is 0 Å². The normalized spacial score (nSPS) is 10.2. The Labute approximate surface area is 79.3 Å². The Kier molecular flexibility index (Phi) is 2.98. The Morgan fingerprint density at radius 3 is 2.62 bits per heavy atom. The highest BCUT2D eigenvalue weighted by atomic mass is 35.5. The van der Waals surface area contributed by atoms with Gasteiger partial charge < -0.3 is 0 Å². The van der Waals surface area contributed by atoms with Gasteiger partial charge in [-0.15, -0.1) is 11.6 Å². The number of alkyl halides is 1. The fourth-order valence-corrected chi connectivity index (χ4v) is 1.17. The number of hydrogen-bond acceptors (Lipinski definition) is 1. The smallest absolute Gasteiger partial charge is 0.177 e. The van der Waals surface area contributed by atoms with Crippen LogP contribution in [-0.2, 0) is 0 Å². The van der Waals surface area contributed by atoms with Crippen LogP contribution >= 0.6 is 11.6 Å². The maximum Gasteiger partial charge on any atom is 0.177 e. The van der Waals surface area contributed by atoms with E-state index in [0.29, 0.717) is 0 Å². The third-order valence-corrected chi connectivity index (χ3v) is 2.00. The van der Waals surface area contributed by atoms with Crippen molar-refractivity contribution in [1.29, 1.82) is 0 Å². The summed E-state index contributed by atoms with van der Waals surface area (Å²) in [5.74, 6) is -2.58. The standard InChI is InChI=1S/C9H7ClF2O/c1-5-6(8(13)4-10)2-3-7(11)9(5)12/h2-3H,4H2,1H3. The zero-order valence-electron chi connectivity index (χ0n) is 6.90. The third kappa shape index (κ3) is 1.86. The number of halogens is 3. The van der Waals surface area contributed by atoms with Crippen LogP contribution in [0.4, 0.5) is 8.78 Å². The molecule has 13 heavy (non-hydrogen) atoms. The third-order valence-electron chi connectivity index (χ3n) is 1.76. The molecule has 0 spiro atoms. The summed E-state index contributed by atoms with van der Waals surface area (Å²) in [7, 11) is 0. The predicted molar refractivity (Wildman–Crippen MR) is 46.1 cm³/mol. The maximum absolute atomic E-state index is 12.9. The topological polar surface area (TPSA) is 17.1 Å². The average molecular weight is 205 g/mol. The molecule has 0 N–H and O–H groups in total. The number of rotatable bonds is 2. The van der Waals surface area contributed by atoms with Gasteiger partial charge in [-0.3, -0.25) is 4.79 Å². The number of carbonyl (C=O) groups is 1. The summed E-state index contributed by atoms with van der Waals surface area (Å²) in [5.41, 5.74) is 0.138. The first kappa shape index (κ1) is 10.1. The van der Waals surface area contributed by atoms with Gasteiger partial charge in [0.2, 0.25) is 0 Å². The van der Waals surface area contributed by atoms with Crippen molar-refractivity contribution < 1.29 is 13.6 Å². The molecular formula is C9H7ClF2O. The van der Waals surface area contributed by atoms with E-state index in [2.05, 4.69) is 0 Å². The van der Waals surface area contributed by atoms with Crippen molar-refractivity contribution in [1.82, 2.24) is 0 Å². The van der Waals surface area contributed by atoms with E-state index in [4.69, 9.17) is 11.6 Å². The average Bonchev–Trinajstić information content (AvgIpc) is 2.13. The summed E-state index contributed by atoms with van der Waals surface area (Å²) < 4.78 is 25.5. The highest BCUT2D eigenvalue weighted by Crippen LogP contribution is 2.16. The molecule has 0 radical (unpaired) electrons. The Hall–Kier alpha value is -0.960. The predicted octanol–water partition coefficient (Wildman–Crippen LogP) is 2.69. The minimum absolute atomic E-state index is 0.00523. The molecule has 0 unspecified atom stereocenters. The summed E-state index contributed by atoms with van der Waals surface area (Å²) in [6.07, 6.45) is 0. The molecule has 0 saturated carbocycles. The molecule has 0 bridgehead atoms. The van der Waals surface area contributed by atoms with E-state index in [-0.39, 0.29) is 17.0 Å². The van der Waals surface area contributed by atoms with Gasteiger partial charge in [0.1, 0.15) is 0 Å². The fraction of sp³-hybridized carbons (Fsp3) is 0.222. The minimum Gasteiger partial charge on any atom is -0.293 e. The molecule has 1 aromatic rings. The Morgan fingerprint density at radius 1 is 1.46 bits per heavy atom. The van der Waals surface area contributed by atoms with Gasteiger partial charge in [0.25, 0.3) is 0 Å². The number of ketones is 1.